The number of aryl methyl sites for hydroxylation is 1. The summed E-state index contributed by atoms with van der Waals surface area (Å²) in [5.41, 5.74) is 1.57. The van der Waals surface area contributed by atoms with Crippen LogP contribution in [0.25, 0.3) is 10.4 Å². The number of carbonyl (C=O) groups is 1. The van der Waals surface area contributed by atoms with E-state index in [1.54, 1.807) is 11.3 Å². The molecule has 0 aliphatic carbocycles. The van der Waals surface area contributed by atoms with E-state index in [1.165, 1.54) is 0 Å². The highest BCUT2D eigenvalue weighted by Gasteiger charge is 2.18. The van der Waals surface area contributed by atoms with Crippen molar-refractivity contribution in [3.05, 3.63) is 41.0 Å². The second-order valence-corrected chi connectivity index (χ2v) is 6.69. The molecular formula is C17H21N3O2S. The van der Waals surface area contributed by atoms with Gasteiger partial charge in [0.05, 0.1) is 23.1 Å². The van der Waals surface area contributed by atoms with Crippen LogP contribution in [0.2, 0.25) is 0 Å². The minimum Gasteiger partial charge on any atom is -0.379 e. The van der Waals surface area contributed by atoms with Crippen molar-refractivity contribution in [2.45, 2.75) is 6.92 Å². The van der Waals surface area contributed by atoms with Crippen LogP contribution in [0.5, 0.6) is 0 Å². The Morgan fingerprint density at radius 1 is 1.30 bits per heavy atom. The SMILES string of the molecule is Cc1nc(C(=O)NCCN2CCOCC2)c(-c2ccccc2)s1. The number of aromatic nitrogens is 1. The monoisotopic (exact) mass is 331 g/mol. The van der Waals surface area contributed by atoms with E-state index >= 15 is 0 Å². The summed E-state index contributed by atoms with van der Waals surface area (Å²) in [6, 6.07) is 9.95. The van der Waals surface area contributed by atoms with Crippen molar-refractivity contribution in [3.63, 3.8) is 0 Å². The Bertz CT molecular complexity index is 651. The van der Waals surface area contributed by atoms with Gasteiger partial charge in [0.1, 0.15) is 5.69 Å². The summed E-state index contributed by atoms with van der Waals surface area (Å²) in [6.07, 6.45) is 0. The number of rotatable bonds is 5. The van der Waals surface area contributed by atoms with Crippen LogP contribution in [0.4, 0.5) is 0 Å². The Morgan fingerprint density at radius 2 is 2.04 bits per heavy atom. The highest BCUT2D eigenvalue weighted by molar-refractivity contribution is 7.15. The minimum absolute atomic E-state index is 0.0959. The number of thiazole rings is 1. The summed E-state index contributed by atoms with van der Waals surface area (Å²) >= 11 is 1.56. The van der Waals surface area contributed by atoms with Crippen LogP contribution in [-0.2, 0) is 4.74 Å². The first-order valence-electron chi connectivity index (χ1n) is 7.85. The molecule has 122 valence electrons. The van der Waals surface area contributed by atoms with Gasteiger partial charge >= 0.3 is 0 Å². The van der Waals surface area contributed by atoms with Gasteiger partial charge in [-0.05, 0) is 12.5 Å². The third-order valence-corrected chi connectivity index (χ3v) is 4.82. The van der Waals surface area contributed by atoms with Gasteiger partial charge in [-0.3, -0.25) is 9.69 Å². The molecule has 1 aromatic carbocycles. The zero-order valence-corrected chi connectivity index (χ0v) is 14.1. The maximum absolute atomic E-state index is 12.5. The highest BCUT2D eigenvalue weighted by Crippen LogP contribution is 2.29. The molecular weight excluding hydrogens is 310 g/mol. The molecule has 0 unspecified atom stereocenters. The van der Waals surface area contributed by atoms with E-state index in [4.69, 9.17) is 4.74 Å². The molecule has 1 aliphatic heterocycles. The molecule has 1 aromatic heterocycles. The number of hydrogen-bond acceptors (Lipinski definition) is 5. The molecule has 2 heterocycles. The lowest BCUT2D eigenvalue weighted by molar-refractivity contribution is 0.0383. The maximum Gasteiger partial charge on any atom is 0.271 e. The van der Waals surface area contributed by atoms with Gasteiger partial charge in [-0.15, -0.1) is 11.3 Å². The average Bonchev–Trinajstić information content (AvgIpc) is 2.98. The van der Waals surface area contributed by atoms with E-state index < -0.39 is 0 Å². The predicted molar refractivity (Wildman–Crippen MR) is 91.9 cm³/mol. The van der Waals surface area contributed by atoms with Gasteiger partial charge in [0.25, 0.3) is 5.91 Å². The number of amides is 1. The molecule has 1 aliphatic rings. The molecule has 0 atom stereocenters. The van der Waals surface area contributed by atoms with Gasteiger partial charge in [-0.25, -0.2) is 4.98 Å². The smallest absolute Gasteiger partial charge is 0.271 e. The number of nitrogens with zero attached hydrogens (tertiary/aromatic N) is 2. The van der Waals surface area contributed by atoms with Crippen molar-refractivity contribution in [2.24, 2.45) is 0 Å². The fourth-order valence-electron chi connectivity index (χ4n) is 2.60. The quantitative estimate of drug-likeness (QED) is 0.912. The number of benzene rings is 1. The predicted octanol–water partition coefficient (Wildman–Crippen LogP) is 2.18. The summed E-state index contributed by atoms with van der Waals surface area (Å²) < 4.78 is 5.33. The molecule has 1 saturated heterocycles. The Kier molecular flexibility index (Phi) is 5.38. The van der Waals surface area contributed by atoms with Gasteiger partial charge in [-0.1, -0.05) is 30.3 Å². The van der Waals surface area contributed by atoms with Crippen molar-refractivity contribution < 1.29 is 9.53 Å². The topological polar surface area (TPSA) is 54.5 Å². The number of morpholine rings is 1. The van der Waals surface area contributed by atoms with E-state index in [1.807, 2.05) is 37.3 Å². The highest BCUT2D eigenvalue weighted by atomic mass is 32.1. The van der Waals surface area contributed by atoms with Crippen LogP contribution in [0, 0.1) is 6.92 Å². The first-order chi connectivity index (χ1) is 11.2. The Labute approximate surface area is 140 Å². The van der Waals surface area contributed by atoms with Crippen LogP contribution >= 0.6 is 11.3 Å². The molecule has 5 nitrogen and oxygen atoms in total. The lowest BCUT2D eigenvalue weighted by atomic mass is 10.1. The molecule has 6 heteroatoms. The zero-order chi connectivity index (χ0) is 16.1. The van der Waals surface area contributed by atoms with Crippen molar-refractivity contribution in [3.8, 4) is 10.4 Å². The Balaban J connectivity index is 1.63. The maximum atomic E-state index is 12.5. The molecule has 23 heavy (non-hydrogen) atoms. The van der Waals surface area contributed by atoms with E-state index in [0.29, 0.717) is 12.2 Å². The number of carbonyl (C=O) groups excluding carboxylic acids is 1. The lowest BCUT2D eigenvalue weighted by Crippen LogP contribution is -2.41. The second-order valence-electron chi connectivity index (χ2n) is 5.49. The zero-order valence-electron chi connectivity index (χ0n) is 13.2. The molecule has 0 bridgehead atoms. The van der Waals surface area contributed by atoms with Crippen molar-refractivity contribution in [2.75, 3.05) is 39.4 Å². The van der Waals surface area contributed by atoms with Crippen LogP contribution in [-0.4, -0.2) is 55.2 Å². The first kappa shape index (κ1) is 16.1. The molecule has 1 N–H and O–H groups in total. The van der Waals surface area contributed by atoms with Crippen LogP contribution < -0.4 is 5.32 Å². The molecule has 0 spiro atoms. The van der Waals surface area contributed by atoms with Crippen molar-refractivity contribution in [1.29, 1.82) is 0 Å². The third-order valence-electron chi connectivity index (χ3n) is 3.80. The standard InChI is InChI=1S/C17H21N3O2S/c1-13-19-15(16(23-13)14-5-3-2-4-6-14)17(21)18-7-8-20-9-11-22-12-10-20/h2-6H,7-12H2,1H3,(H,18,21). The van der Waals surface area contributed by atoms with Crippen LogP contribution in [0.15, 0.2) is 30.3 Å². The molecule has 3 rings (SSSR count). The van der Waals surface area contributed by atoms with E-state index in [0.717, 1.165) is 48.3 Å². The molecule has 0 radical (unpaired) electrons. The number of nitrogens with one attached hydrogen (secondary N) is 1. The normalized spacial score (nSPS) is 15.5. The first-order valence-corrected chi connectivity index (χ1v) is 8.67. The molecule has 2 aromatic rings. The van der Waals surface area contributed by atoms with Gasteiger partial charge in [-0.2, -0.15) is 0 Å². The van der Waals surface area contributed by atoms with E-state index in [2.05, 4.69) is 15.2 Å². The van der Waals surface area contributed by atoms with Crippen LogP contribution in [0.1, 0.15) is 15.5 Å². The van der Waals surface area contributed by atoms with E-state index in [-0.39, 0.29) is 5.91 Å². The Hall–Kier alpha value is -1.76. The van der Waals surface area contributed by atoms with Gasteiger partial charge in [0, 0.05) is 26.2 Å². The fraction of sp³-hybridized carbons (Fsp3) is 0.412. The third kappa shape index (κ3) is 4.16. The largest absolute Gasteiger partial charge is 0.379 e. The summed E-state index contributed by atoms with van der Waals surface area (Å²) in [4.78, 5) is 20.1. The molecule has 1 fully saturated rings. The molecule has 0 saturated carbocycles. The number of hydrogen-bond donors (Lipinski definition) is 1. The average molecular weight is 331 g/mol. The summed E-state index contributed by atoms with van der Waals surface area (Å²) in [7, 11) is 0. The van der Waals surface area contributed by atoms with E-state index in [9.17, 15) is 4.79 Å². The summed E-state index contributed by atoms with van der Waals surface area (Å²) in [5, 5.41) is 3.90. The molecule has 1 amide bonds. The Morgan fingerprint density at radius 3 is 2.78 bits per heavy atom. The second kappa shape index (κ2) is 7.68. The van der Waals surface area contributed by atoms with Gasteiger partial charge < -0.3 is 10.1 Å². The number of ether oxygens (including phenoxy) is 1. The van der Waals surface area contributed by atoms with Crippen LogP contribution in [0.3, 0.4) is 0 Å². The van der Waals surface area contributed by atoms with Crippen molar-refractivity contribution in [1.82, 2.24) is 15.2 Å². The fourth-order valence-corrected chi connectivity index (χ4v) is 3.52. The lowest BCUT2D eigenvalue weighted by Gasteiger charge is -2.26. The van der Waals surface area contributed by atoms with Gasteiger partial charge in [0.15, 0.2) is 0 Å². The summed E-state index contributed by atoms with van der Waals surface area (Å²) in [6.45, 7) is 6.82. The van der Waals surface area contributed by atoms with Gasteiger partial charge in [0.2, 0.25) is 0 Å². The van der Waals surface area contributed by atoms with Crippen molar-refractivity contribution >= 4 is 17.2 Å². The summed E-state index contributed by atoms with van der Waals surface area (Å²) in [5.74, 6) is -0.0959. The minimum atomic E-state index is -0.0959.